The lowest BCUT2D eigenvalue weighted by Gasteiger charge is -2.14. The molecule has 0 fully saturated rings. The minimum Gasteiger partial charge on any atom is -0.497 e. The molecule has 5 nitrogen and oxygen atoms in total. The SMILES string of the molecule is COc1ccc([N+]2=CN(c3ccccc3)C(c3ccc(C)o3)C2)c(OC)c1. The molecule has 5 heteroatoms. The van der Waals surface area contributed by atoms with Gasteiger partial charge in [0.2, 0.25) is 6.34 Å². The van der Waals surface area contributed by atoms with Gasteiger partial charge in [0, 0.05) is 6.07 Å². The molecule has 0 spiro atoms. The highest BCUT2D eigenvalue weighted by Crippen LogP contribution is 2.37. The van der Waals surface area contributed by atoms with Crippen molar-refractivity contribution in [3.05, 3.63) is 72.2 Å². The number of para-hydroxylation sites is 1. The number of hydrogen-bond acceptors (Lipinski definition) is 4. The van der Waals surface area contributed by atoms with Crippen molar-refractivity contribution in [1.82, 2.24) is 0 Å². The normalized spacial score (nSPS) is 16.3. The first kappa shape index (κ1) is 17.2. The Hall–Kier alpha value is -3.21. The van der Waals surface area contributed by atoms with Gasteiger partial charge < -0.3 is 13.9 Å². The van der Waals surface area contributed by atoms with Crippen LogP contribution in [0.5, 0.6) is 11.5 Å². The fourth-order valence-corrected chi connectivity index (χ4v) is 3.44. The van der Waals surface area contributed by atoms with Crippen LogP contribution in [0, 0.1) is 6.92 Å². The molecule has 0 bridgehead atoms. The standard InChI is InChI=1S/C22H23N2O3/c1-16-9-12-21(27-16)20-14-23(15-24(20)17-7-5-4-6-8-17)19-11-10-18(25-2)13-22(19)26-3/h4-13,15,20H,14H2,1-3H3/q+1. The summed E-state index contributed by atoms with van der Waals surface area (Å²) < 4.78 is 19.1. The summed E-state index contributed by atoms with van der Waals surface area (Å²) >= 11 is 0. The van der Waals surface area contributed by atoms with Gasteiger partial charge in [0.15, 0.2) is 23.2 Å². The second kappa shape index (κ2) is 7.19. The van der Waals surface area contributed by atoms with Crippen LogP contribution < -0.4 is 14.4 Å². The third kappa shape index (κ3) is 3.28. The average Bonchev–Trinajstić information content (AvgIpc) is 3.34. The van der Waals surface area contributed by atoms with Crippen molar-refractivity contribution in [2.75, 3.05) is 25.7 Å². The van der Waals surface area contributed by atoms with Crippen molar-refractivity contribution in [3.8, 4) is 11.5 Å². The lowest BCUT2D eigenvalue weighted by molar-refractivity contribution is -0.430. The average molecular weight is 363 g/mol. The summed E-state index contributed by atoms with van der Waals surface area (Å²) in [5.74, 6) is 3.41. The molecule has 27 heavy (non-hydrogen) atoms. The second-order valence-electron chi connectivity index (χ2n) is 6.51. The van der Waals surface area contributed by atoms with Crippen LogP contribution in [0.15, 0.2) is 65.1 Å². The van der Waals surface area contributed by atoms with Crippen LogP contribution in [0.1, 0.15) is 17.6 Å². The van der Waals surface area contributed by atoms with E-state index in [4.69, 9.17) is 13.9 Å². The minimum atomic E-state index is 0.0768. The van der Waals surface area contributed by atoms with E-state index in [1.165, 1.54) is 0 Å². The van der Waals surface area contributed by atoms with E-state index in [-0.39, 0.29) is 6.04 Å². The number of anilines is 1. The van der Waals surface area contributed by atoms with Crippen molar-refractivity contribution in [1.29, 1.82) is 0 Å². The van der Waals surface area contributed by atoms with E-state index in [2.05, 4.69) is 34.0 Å². The molecule has 1 aliphatic rings. The highest BCUT2D eigenvalue weighted by Gasteiger charge is 2.38. The number of hydrogen-bond donors (Lipinski definition) is 0. The molecule has 0 amide bonds. The molecule has 2 heterocycles. The number of nitrogens with zero attached hydrogens (tertiary/aromatic N) is 2. The fraction of sp³-hybridized carbons (Fsp3) is 0.227. The molecule has 0 radical (unpaired) electrons. The molecule has 0 saturated heterocycles. The molecular formula is C22H23N2O3+. The Bertz CT molecular complexity index is 963. The van der Waals surface area contributed by atoms with E-state index in [9.17, 15) is 0 Å². The van der Waals surface area contributed by atoms with Gasteiger partial charge in [0.05, 0.1) is 14.2 Å². The summed E-state index contributed by atoms with van der Waals surface area (Å²) in [6.45, 7) is 2.73. The molecule has 3 aromatic rings. The third-order valence-corrected chi connectivity index (χ3v) is 4.81. The molecule has 0 saturated carbocycles. The van der Waals surface area contributed by atoms with Crippen molar-refractivity contribution in [2.45, 2.75) is 13.0 Å². The van der Waals surface area contributed by atoms with Crippen LogP contribution in [0.25, 0.3) is 0 Å². The highest BCUT2D eigenvalue weighted by atomic mass is 16.5. The Balaban J connectivity index is 1.76. The Morgan fingerprint density at radius 1 is 1.00 bits per heavy atom. The van der Waals surface area contributed by atoms with E-state index in [0.29, 0.717) is 0 Å². The first-order valence-corrected chi connectivity index (χ1v) is 8.93. The summed E-state index contributed by atoms with van der Waals surface area (Å²) in [6, 6.07) is 20.3. The Morgan fingerprint density at radius 3 is 2.48 bits per heavy atom. The second-order valence-corrected chi connectivity index (χ2v) is 6.51. The van der Waals surface area contributed by atoms with Gasteiger partial charge in [-0.25, -0.2) is 9.48 Å². The van der Waals surface area contributed by atoms with Gasteiger partial charge in [-0.15, -0.1) is 0 Å². The van der Waals surface area contributed by atoms with E-state index in [1.54, 1.807) is 14.2 Å². The number of aryl methyl sites for hydroxylation is 1. The van der Waals surface area contributed by atoms with Crippen molar-refractivity contribution in [2.24, 2.45) is 0 Å². The monoisotopic (exact) mass is 363 g/mol. The van der Waals surface area contributed by atoms with Crippen molar-refractivity contribution < 1.29 is 18.5 Å². The number of furan rings is 1. The van der Waals surface area contributed by atoms with E-state index < -0.39 is 0 Å². The van der Waals surface area contributed by atoms with Crippen LogP contribution in [-0.4, -0.2) is 31.7 Å². The van der Waals surface area contributed by atoms with E-state index in [0.717, 1.165) is 40.9 Å². The summed E-state index contributed by atoms with van der Waals surface area (Å²) in [4.78, 5) is 2.24. The molecule has 4 rings (SSSR count). The van der Waals surface area contributed by atoms with Crippen LogP contribution in [0.4, 0.5) is 11.4 Å². The zero-order valence-corrected chi connectivity index (χ0v) is 15.8. The van der Waals surface area contributed by atoms with Gasteiger partial charge in [-0.3, -0.25) is 0 Å². The van der Waals surface area contributed by atoms with Gasteiger partial charge in [-0.05, 0) is 43.3 Å². The molecule has 1 unspecified atom stereocenters. The molecule has 2 aromatic carbocycles. The predicted molar refractivity (Wildman–Crippen MR) is 106 cm³/mol. The number of ether oxygens (including phenoxy) is 2. The van der Waals surface area contributed by atoms with E-state index in [1.807, 2.05) is 49.4 Å². The smallest absolute Gasteiger partial charge is 0.245 e. The van der Waals surface area contributed by atoms with Gasteiger partial charge in [0.1, 0.15) is 23.7 Å². The van der Waals surface area contributed by atoms with Gasteiger partial charge in [-0.1, -0.05) is 18.2 Å². The molecule has 0 aliphatic carbocycles. The third-order valence-electron chi connectivity index (χ3n) is 4.81. The predicted octanol–water partition coefficient (Wildman–Crippen LogP) is 4.54. The summed E-state index contributed by atoms with van der Waals surface area (Å²) in [5, 5.41) is 0. The number of benzene rings is 2. The largest absolute Gasteiger partial charge is 0.497 e. The zero-order valence-electron chi connectivity index (χ0n) is 15.8. The summed E-state index contributed by atoms with van der Waals surface area (Å²) in [6.07, 6.45) is 2.11. The van der Waals surface area contributed by atoms with Crippen LogP contribution in [0.3, 0.4) is 0 Å². The minimum absolute atomic E-state index is 0.0768. The quantitative estimate of drug-likeness (QED) is 0.624. The molecular weight excluding hydrogens is 340 g/mol. The maximum absolute atomic E-state index is 5.96. The Morgan fingerprint density at radius 2 is 1.81 bits per heavy atom. The number of methoxy groups -OCH3 is 2. The maximum Gasteiger partial charge on any atom is 0.245 e. The Labute approximate surface area is 159 Å². The lowest BCUT2D eigenvalue weighted by Crippen LogP contribution is -2.23. The van der Waals surface area contributed by atoms with Crippen molar-refractivity contribution >= 4 is 17.7 Å². The van der Waals surface area contributed by atoms with Crippen LogP contribution in [0.2, 0.25) is 0 Å². The molecule has 138 valence electrons. The topological polar surface area (TPSA) is 37.9 Å². The lowest BCUT2D eigenvalue weighted by atomic mass is 10.1. The molecule has 0 N–H and O–H groups in total. The number of rotatable bonds is 5. The van der Waals surface area contributed by atoms with Crippen LogP contribution in [-0.2, 0) is 0 Å². The molecule has 1 aromatic heterocycles. The summed E-state index contributed by atoms with van der Waals surface area (Å²) in [7, 11) is 3.33. The summed E-state index contributed by atoms with van der Waals surface area (Å²) in [5.41, 5.74) is 2.11. The first-order chi connectivity index (χ1) is 13.2. The first-order valence-electron chi connectivity index (χ1n) is 8.93. The molecule has 1 aliphatic heterocycles. The van der Waals surface area contributed by atoms with Gasteiger partial charge in [0.25, 0.3) is 0 Å². The van der Waals surface area contributed by atoms with Gasteiger partial charge in [-0.2, -0.15) is 0 Å². The van der Waals surface area contributed by atoms with Crippen LogP contribution >= 0.6 is 0 Å². The Kier molecular flexibility index (Phi) is 4.59. The maximum atomic E-state index is 5.96. The molecule has 1 atom stereocenters. The fourth-order valence-electron chi connectivity index (χ4n) is 3.44. The van der Waals surface area contributed by atoms with E-state index >= 15 is 0 Å². The highest BCUT2D eigenvalue weighted by molar-refractivity contribution is 5.79. The zero-order chi connectivity index (χ0) is 18.8. The van der Waals surface area contributed by atoms with Gasteiger partial charge >= 0.3 is 0 Å². The van der Waals surface area contributed by atoms with Crippen molar-refractivity contribution in [3.63, 3.8) is 0 Å².